The molecule has 0 aromatic rings. The molecule has 2 saturated carbocycles. The maximum atomic E-state index is 8.50. The van der Waals surface area contributed by atoms with Gasteiger partial charge in [-0.15, -0.1) is 0 Å². The van der Waals surface area contributed by atoms with E-state index in [4.69, 9.17) is 5.26 Å². The maximum Gasteiger partial charge on any atom is 0.0908 e. The zero-order valence-electron chi connectivity index (χ0n) is 14.6. The van der Waals surface area contributed by atoms with E-state index >= 15 is 0 Å². The Bertz CT molecular complexity index is 349. The molecule has 0 N–H and O–H groups in total. The second kappa shape index (κ2) is 10.1. The highest BCUT2D eigenvalue weighted by Gasteiger charge is 2.24. The normalized spacial score (nSPS) is 32.9. The van der Waals surface area contributed by atoms with E-state index in [-0.39, 0.29) is 0 Å². The van der Waals surface area contributed by atoms with Gasteiger partial charge >= 0.3 is 0 Å². The average molecular weight is 302 g/mol. The van der Waals surface area contributed by atoms with Crippen LogP contribution in [0, 0.1) is 35.0 Å². The van der Waals surface area contributed by atoms with Crippen molar-refractivity contribution in [2.75, 3.05) is 0 Å². The predicted molar refractivity (Wildman–Crippen MR) is 94.4 cm³/mol. The van der Waals surface area contributed by atoms with Crippen LogP contribution >= 0.6 is 0 Å². The summed E-state index contributed by atoms with van der Waals surface area (Å²) >= 11 is 0. The lowest BCUT2D eigenvalue weighted by Crippen LogP contribution is -2.18. The number of allylic oxidation sites excluding steroid dienone is 2. The average Bonchev–Trinajstić information content (AvgIpc) is 2.58. The first-order chi connectivity index (χ1) is 10.8. The third-order valence-corrected chi connectivity index (χ3v) is 6.43. The molecule has 2 aliphatic carbocycles. The molecule has 0 radical (unpaired) electrons. The molecule has 124 valence electrons. The van der Waals surface area contributed by atoms with E-state index in [2.05, 4.69) is 13.0 Å². The number of nitriles is 1. The summed E-state index contributed by atoms with van der Waals surface area (Å²) in [6, 6.07) is 2.09. The predicted octanol–water partition coefficient (Wildman–Crippen LogP) is 6.65. The minimum atomic E-state index is 0.930. The molecule has 0 unspecified atom stereocenters. The van der Waals surface area contributed by atoms with E-state index in [1.54, 1.807) is 6.08 Å². The molecule has 0 atom stereocenters. The van der Waals surface area contributed by atoms with Gasteiger partial charge in [0.1, 0.15) is 0 Å². The van der Waals surface area contributed by atoms with E-state index in [9.17, 15) is 0 Å². The van der Waals surface area contributed by atoms with Gasteiger partial charge in [-0.2, -0.15) is 5.26 Å². The third-order valence-electron chi connectivity index (χ3n) is 6.43. The summed E-state index contributed by atoms with van der Waals surface area (Å²) < 4.78 is 0. The Kier molecular flexibility index (Phi) is 8.06. The summed E-state index contributed by atoms with van der Waals surface area (Å²) in [4.78, 5) is 0. The molecule has 22 heavy (non-hydrogen) atoms. The topological polar surface area (TPSA) is 23.8 Å². The highest BCUT2D eigenvalue weighted by molar-refractivity contribution is 5.01. The summed E-state index contributed by atoms with van der Waals surface area (Å²) in [5.41, 5.74) is 0. The molecule has 0 heterocycles. The summed E-state index contributed by atoms with van der Waals surface area (Å²) in [6.07, 6.45) is 22.3. The van der Waals surface area contributed by atoms with Gasteiger partial charge in [0.25, 0.3) is 0 Å². The Morgan fingerprint density at radius 2 is 1.23 bits per heavy atom. The second-order valence-corrected chi connectivity index (χ2v) is 7.87. The van der Waals surface area contributed by atoms with E-state index < -0.39 is 0 Å². The minimum Gasteiger partial charge on any atom is -0.193 e. The molecule has 0 bridgehead atoms. The highest BCUT2D eigenvalue weighted by atomic mass is 14.3. The van der Waals surface area contributed by atoms with Crippen LogP contribution in [0.15, 0.2) is 12.2 Å². The number of hydrogen-bond acceptors (Lipinski definition) is 1. The Hall–Kier alpha value is -0.770. The van der Waals surface area contributed by atoms with Gasteiger partial charge in [0.15, 0.2) is 0 Å². The Balaban J connectivity index is 1.54. The van der Waals surface area contributed by atoms with E-state index in [1.165, 1.54) is 77.0 Å². The van der Waals surface area contributed by atoms with Crippen molar-refractivity contribution >= 4 is 0 Å². The van der Waals surface area contributed by atoms with Crippen LogP contribution in [-0.2, 0) is 0 Å². The SMILES string of the molecule is CCC1CCC(CCC2CCC(CC/C=C/C#N)CC2)CC1. The fourth-order valence-electron chi connectivity index (χ4n) is 4.68. The van der Waals surface area contributed by atoms with Gasteiger partial charge in [-0.05, 0) is 36.5 Å². The number of nitrogens with zero attached hydrogens (tertiary/aromatic N) is 1. The maximum absolute atomic E-state index is 8.50. The first kappa shape index (κ1) is 17.6. The van der Waals surface area contributed by atoms with Gasteiger partial charge in [0, 0.05) is 6.08 Å². The van der Waals surface area contributed by atoms with Crippen LogP contribution < -0.4 is 0 Å². The van der Waals surface area contributed by atoms with Crippen molar-refractivity contribution in [2.24, 2.45) is 23.7 Å². The van der Waals surface area contributed by atoms with Crippen LogP contribution in [0.25, 0.3) is 0 Å². The lowest BCUT2D eigenvalue weighted by atomic mass is 9.74. The largest absolute Gasteiger partial charge is 0.193 e. The van der Waals surface area contributed by atoms with E-state index in [0.29, 0.717) is 0 Å². The Morgan fingerprint density at radius 1 is 0.773 bits per heavy atom. The van der Waals surface area contributed by atoms with Crippen molar-refractivity contribution in [1.29, 1.82) is 5.26 Å². The molecule has 2 aliphatic rings. The molecule has 0 aromatic heterocycles. The quantitative estimate of drug-likeness (QED) is 0.483. The zero-order valence-corrected chi connectivity index (χ0v) is 14.6. The van der Waals surface area contributed by atoms with E-state index in [1.807, 2.05) is 6.08 Å². The smallest absolute Gasteiger partial charge is 0.0908 e. The highest BCUT2D eigenvalue weighted by Crippen LogP contribution is 2.38. The van der Waals surface area contributed by atoms with Crippen molar-refractivity contribution in [3.05, 3.63) is 12.2 Å². The van der Waals surface area contributed by atoms with Crippen LogP contribution in [0.1, 0.15) is 90.4 Å². The fraction of sp³-hybridized carbons (Fsp3) is 0.857. The van der Waals surface area contributed by atoms with Crippen LogP contribution in [0.4, 0.5) is 0 Å². The van der Waals surface area contributed by atoms with Crippen molar-refractivity contribution in [1.82, 2.24) is 0 Å². The molecular weight excluding hydrogens is 266 g/mol. The van der Waals surface area contributed by atoms with Gasteiger partial charge in [0.05, 0.1) is 6.07 Å². The molecule has 1 nitrogen and oxygen atoms in total. The molecule has 0 aliphatic heterocycles. The van der Waals surface area contributed by atoms with Crippen LogP contribution in [0.3, 0.4) is 0 Å². The van der Waals surface area contributed by atoms with Gasteiger partial charge in [-0.1, -0.05) is 83.6 Å². The first-order valence-electron chi connectivity index (χ1n) is 9.86. The summed E-state index contributed by atoms with van der Waals surface area (Å²) in [7, 11) is 0. The molecule has 2 rings (SSSR count). The Labute approximate surface area is 138 Å². The standard InChI is InChI=1S/C21H35N/c1-2-18-7-9-20(10-8-18)15-16-21-13-11-19(12-14-21)6-4-3-5-17-22/h3,5,18-21H,2,4,6-16H2,1H3/b5-3+. The minimum absolute atomic E-state index is 0.930. The van der Waals surface area contributed by atoms with E-state index in [0.717, 1.165) is 30.1 Å². The van der Waals surface area contributed by atoms with Crippen molar-refractivity contribution in [3.63, 3.8) is 0 Å². The molecule has 2 fully saturated rings. The molecule has 0 amide bonds. The molecular formula is C21H35N. The molecule has 1 heteroatoms. The number of rotatable bonds is 7. The molecule has 0 spiro atoms. The van der Waals surface area contributed by atoms with Gasteiger partial charge in [-0.3, -0.25) is 0 Å². The lowest BCUT2D eigenvalue weighted by Gasteiger charge is -2.31. The Morgan fingerprint density at radius 3 is 1.68 bits per heavy atom. The van der Waals surface area contributed by atoms with Crippen LogP contribution in [0.2, 0.25) is 0 Å². The second-order valence-electron chi connectivity index (χ2n) is 7.87. The summed E-state index contributed by atoms with van der Waals surface area (Å²) in [6.45, 7) is 2.36. The lowest BCUT2D eigenvalue weighted by molar-refractivity contribution is 0.212. The van der Waals surface area contributed by atoms with Gasteiger partial charge in [-0.25, -0.2) is 0 Å². The van der Waals surface area contributed by atoms with Gasteiger partial charge < -0.3 is 0 Å². The monoisotopic (exact) mass is 301 g/mol. The number of hydrogen-bond donors (Lipinski definition) is 0. The first-order valence-corrected chi connectivity index (χ1v) is 9.86. The van der Waals surface area contributed by atoms with Crippen LogP contribution in [-0.4, -0.2) is 0 Å². The molecule has 0 aromatic carbocycles. The zero-order chi connectivity index (χ0) is 15.6. The van der Waals surface area contributed by atoms with Crippen LogP contribution in [0.5, 0.6) is 0 Å². The summed E-state index contributed by atoms with van der Waals surface area (Å²) in [5, 5.41) is 8.50. The van der Waals surface area contributed by atoms with Crippen molar-refractivity contribution in [3.8, 4) is 6.07 Å². The third kappa shape index (κ3) is 6.15. The summed E-state index contributed by atoms with van der Waals surface area (Å²) in [5.74, 6) is 4.05. The molecule has 0 saturated heterocycles. The van der Waals surface area contributed by atoms with Crippen molar-refractivity contribution in [2.45, 2.75) is 90.4 Å². The fourth-order valence-corrected chi connectivity index (χ4v) is 4.68. The van der Waals surface area contributed by atoms with Gasteiger partial charge in [0.2, 0.25) is 0 Å². The van der Waals surface area contributed by atoms with Crippen molar-refractivity contribution < 1.29 is 0 Å².